The van der Waals surface area contributed by atoms with Crippen molar-refractivity contribution in [1.29, 1.82) is 0 Å². The van der Waals surface area contributed by atoms with Crippen molar-refractivity contribution >= 4 is 33.0 Å². The van der Waals surface area contributed by atoms with Crippen molar-refractivity contribution in [1.82, 2.24) is 9.79 Å². The lowest BCUT2D eigenvalue weighted by Gasteiger charge is -2.26. The van der Waals surface area contributed by atoms with Crippen molar-refractivity contribution in [2.75, 3.05) is 0 Å². The first kappa shape index (κ1) is 19.0. The highest BCUT2D eigenvalue weighted by molar-refractivity contribution is 7.91. The maximum absolute atomic E-state index is 12.8. The summed E-state index contributed by atoms with van der Waals surface area (Å²) in [5, 5.41) is 21.1. The summed E-state index contributed by atoms with van der Waals surface area (Å²) >= 11 is 0.999. The second-order valence-corrected chi connectivity index (χ2v) is 8.12. The second kappa shape index (κ2) is 7.70. The predicted molar refractivity (Wildman–Crippen MR) is 89.5 cm³/mol. The Labute approximate surface area is 147 Å². The number of hydrogen-bond acceptors (Lipinski definition) is 7. The van der Waals surface area contributed by atoms with E-state index in [4.69, 9.17) is 5.21 Å². The highest BCUT2D eigenvalue weighted by Gasteiger charge is 2.33. The number of nitrogens with one attached hydrogen (secondary N) is 1. The van der Waals surface area contributed by atoms with Crippen LogP contribution in [-0.2, 0) is 21.4 Å². The number of non-ortho nitro benzene ring substituents is 1. The topological polar surface area (TPSA) is 130 Å². The minimum Gasteiger partial charge on any atom is -0.289 e. The van der Waals surface area contributed by atoms with Gasteiger partial charge in [-0.05, 0) is 23.9 Å². The van der Waals surface area contributed by atoms with Gasteiger partial charge in [-0.15, -0.1) is 11.3 Å². The first-order valence-electron chi connectivity index (χ1n) is 7.00. The molecule has 2 N–H and O–H groups in total. The highest BCUT2D eigenvalue weighted by Crippen LogP contribution is 2.25. The molecule has 1 atom stereocenters. The van der Waals surface area contributed by atoms with E-state index in [-0.39, 0.29) is 16.4 Å². The van der Waals surface area contributed by atoms with Gasteiger partial charge in [0.25, 0.3) is 21.6 Å². The Kier molecular flexibility index (Phi) is 5.85. The van der Waals surface area contributed by atoms with Crippen LogP contribution in [0.25, 0.3) is 0 Å². The number of rotatable bonds is 7. The molecule has 2 rings (SSSR count). The van der Waals surface area contributed by atoms with E-state index in [0.29, 0.717) is 5.56 Å². The fourth-order valence-electron chi connectivity index (χ4n) is 2.08. The van der Waals surface area contributed by atoms with Crippen LogP contribution in [0.15, 0.2) is 46.0 Å². The Morgan fingerprint density at radius 1 is 1.36 bits per heavy atom. The molecule has 25 heavy (non-hydrogen) atoms. The van der Waals surface area contributed by atoms with Crippen LogP contribution in [0.1, 0.15) is 12.5 Å². The van der Waals surface area contributed by atoms with Gasteiger partial charge >= 0.3 is 0 Å². The molecule has 9 nitrogen and oxygen atoms in total. The van der Waals surface area contributed by atoms with Gasteiger partial charge in [0.1, 0.15) is 10.3 Å². The van der Waals surface area contributed by atoms with E-state index in [1.165, 1.54) is 42.7 Å². The summed E-state index contributed by atoms with van der Waals surface area (Å²) in [4.78, 5) is 21.9. The van der Waals surface area contributed by atoms with Crippen LogP contribution in [-0.4, -0.2) is 34.8 Å². The maximum atomic E-state index is 12.8. The highest BCUT2D eigenvalue weighted by atomic mass is 32.2. The molecule has 1 amide bonds. The van der Waals surface area contributed by atoms with Crippen molar-refractivity contribution in [3.63, 3.8) is 0 Å². The average Bonchev–Trinajstić information content (AvgIpc) is 3.14. The van der Waals surface area contributed by atoms with Gasteiger partial charge < -0.3 is 0 Å². The molecule has 1 aromatic carbocycles. The third-order valence-electron chi connectivity index (χ3n) is 3.47. The Hall–Kier alpha value is -2.34. The summed E-state index contributed by atoms with van der Waals surface area (Å²) in [6.45, 7) is 1.15. The molecule has 2 aromatic rings. The maximum Gasteiger partial charge on any atom is 0.269 e. The smallest absolute Gasteiger partial charge is 0.269 e. The molecule has 0 bridgehead atoms. The van der Waals surface area contributed by atoms with Crippen LogP contribution in [0, 0.1) is 10.1 Å². The van der Waals surface area contributed by atoms with Gasteiger partial charge in [-0.3, -0.25) is 20.1 Å². The number of nitrogens with zero attached hydrogens (tertiary/aromatic N) is 2. The van der Waals surface area contributed by atoms with E-state index in [2.05, 4.69) is 0 Å². The molecule has 1 heterocycles. The molecule has 134 valence electrons. The molecule has 0 aliphatic heterocycles. The second-order valence-electron chi connectivity index (χ2n) is 5.06. The van der Waals surface area contributed by atoms with Crippen LogP contribution in [0.4, 0.5) is 5.69 Å². The number of benzene rings is 1. The molecule has 0 spiro atoms. The number of nitro benzene ring substituents is 1. The molecule has 11 heteroatoms. The normalized spacial score (nSPS) is 12.8. The molecular weight excluding hydrogens is 370 g/mol. The molecular formula is C14H15N3O6S2. The summed E-state index contributed by atoms with van der Waals surface area (Å²) in [7, 11) is -3.99. The third kappa shape index (κ3) is 4.20. The summed E-state index contributed by atoms with van der Waals surface area (Å²) in [5.74, 6) is -0.887. The molecule has 1 aromatic heterocycles. The van der Waals surface area contributed by atoms with Crippen LogP contribution in [0.2, 0.25) is 0 Å². The fraction of sp³-hybridized carbons (Fsp3) is 0.214. The molecule has 0 saturated carbocycles. The first-order chi connectivity index (χ1) is 11.8. The SMILES string of the molecule is C[C@@H](C(=O)NO)N(Cc1ccc([N+](=O)[O-])cc1)S(=O)(=O)c1cccs1. The van der Waals surface area contributed by atoms with E-state index in [1.807, 2.05) is 0 Å². The Bertz CT molecular complexity index is 849. The minimum absolute atomic E-state index is 0.0481. The molecule has 0 saturated heterocycles. The van der Waals surface area contributed by atoms with E-state index >= 15 is 0 Å². The number of hydroxylamine groups is 1. The number of amides is 1. The van der Waals surface area contributed by atoms with Crippen LogP contribution < -0.4 is 5.48 Å². The van der Waals surface area contributed by atoms with Gasteiger partial charge in [0.05, 0.1) is 4.92 Å². The zero-order valence-electron chi connectivity index (χ0n) is 13.0. The molecule has 0 aliphatic carbocycles. The van der Waals surface area contributed by atoms with Gasteiger partial charge in [-0.2, -0.15) is 4.31 Å². The van der Waals surface area contributed by atoms with Gasteiger partial charge in [-0.1, -0.05) is 18.2 Å². The lowest BCUT2D eigenvalue weighted by Crippen LogP contribution is -2.46. The van der Waals surface area contributed by atoms with Gasteiger partial charge in [0, 0.05) is 18.7 Å². The Morgan fingerprint density at radius 3 is 2.48 bits per heavy atom. The van der Waals surface area contributed by atoms with Crippen molar-refractivity contribution < 1.29 is 23.3 Å². The van der Waals surface area contributed by atoms with E-state index < -0.39 is 26.9 Å². The lowest BCUT2D eigenvalue weighted by atomic mass is 10.2. The molecule has 0 radical (unpaired) electrons. The number of nitro groups is 1. The lowest BCUT2D eigenvalue weighted by molar-refractivity contribution is -0.384. The largest absolute Gasteiger partial charge is 0.289 e. The van der Waals surface area contributed by atoms with Crippen LogP contribution >= 0.6 is 11.3 Å². The number of thiophene rings is 1. The minimum atomic E-state index is -3.99. The number of sulfonamides is 1. The number of hydrogen-bond donors (Lipinski definition) is 2. The standard InChI is InChI=1S/C14H15N3O6S2/c1-10(14(18)15-19)16(25(22,23)13-3-2-8-24-13)9-11-4-6-12(7-5-11)17(20)21/h2-8,10,19H,9H2,1H3,(H,15,18)/t10-/m0/s1. The zero-order valence-corrected chi connectivity index (χ0v) is 14.7. The average molecular weight is 385 g/mol. The quantitative estimate of drug-likeness (QED) is 0.424. The zero-order chi connectivity index (χ0) is 18.6. The van der Waals surface area contributed by atoms with Crippen LogP contribution in [0.5, 0.6) is 0 Å². The third-order valence-corrected chi connectivity index (χ3v) is 6.75. The van der Waals surface area contributed by atoms with Crippen LogP contribution in [0.3, 0.4) is 0 Å². The van der Waals surface area contributed by atoms with Crippen molar-refractivity contribution in [2.24, 2.45) is 0 Å². The van der Waals surface area contributed by atoms with E-state index in [0.717, 1.165) is 15.6 Å². The monoisotopic (exact) mass is 385 g/mol. The van der Waals surface area contributed by atoms with Gasteiger partial charge in [-0.25, -0.2) is 13.9 Å². The molecule has 0 unspecified atom stereocenters. The summed E-state index contributed by atoms with van der Waals surface area (Å²) in [5.41, 5.74) is 1.78. The number of carbonyl (C=O) groups excluding carboxylic acids is 1. The van der Waals surface area contributed by atoms with Gasteiger partial charge in [0.2, 0.25) is 0 Å². The Balaban J connectivity index is 2.38. The van der Waals surface area contributed by atoms with Crippen molar-refractivity contribution in [3.8, 4) is 0 Å². The molecule has 0 aliphatic rings. The Morgan fingerprint density at radius 2 is 2.00 bits per heavy atom. The van der Waals surface area contributed by atoms with Crippen molar-refractivity contribution in [2.45, 2.75) is 23.7 Å². The fourth-order valence-corrected chi connectivity index (χ4v) is 4.78. The van der Waals surface area contributed by atoms with E-state index in [1.54, 1.807) is 11.4 Å². The predicted octanol–water partition coefficient (Wildman–Crippen LogP) is 1.74. The van der Waals surface area contributed by atoms with Crippen molar-refractivity contribution in [3.05, 3.63) is 57.5 Å². The molecule has 0 fully saturated rings. The summed E-state index contributed by atoms with van der Waals surface area (Å²) in [6.07, 6.45) is 0. The summed E-state index contributed by atoms with van der Waals surface area (Å²) < 4.78 is 26.6. The number of carbonyl (C=O) groups is 1. The summed E-state index contributed by atoms with van der Waals surface area (Å²) in [6, 6.07) is 7.12. The van der Waals surface area contributed by atoms with Gasteiger partial charge in [0.15, 0.2) is 0 Å². The van der Waals surface area contributed by atoms with E-state index in [9.17, 15) is 23.3 Å². The first-order valence-corrected chi connectivity index (χ1v) is 9.32.